The summed E-state index contributed by atoms with van der Waals surface area (Å²) in [5.41, 5.74) is 1.76. The standard InChI is InChI=1S/C14H14BrF3N2/c1-2-7-20-12(9-15)8-13(19-20)10-3-5-11(6-4-10)14(16,17)18/h3-6,8H,2,7,9H2,1H3. The Hall–Kier alpha value is -1.30. The first-order valence-corrected chi connectivity index (χ1v) is 7.38. The number of halogens is 4. The van der Waals surface area contributed by atoms with E-state index in [0.29, 0.717) is 16.6 Å². The van der Waals surface area contributed by atoms with Gasteiger partial charge in [0, 0.05) is 23.1 Å². The molecule has 2 nitrogen and oxygen atoms in total. The fourth-order valence-electron chi connectivity index (χ4n) is 1.94. The fourth-order valence-corrected chi connectivity index (χ4v) is 2.39. The van der Waals surface area contributed by atoms with Crippen molar-refractivity contribution < 1.29 is 13.2 Å². The van der Waals surface area contributed by atoms with Crippen LogP contribution in [0.4, 0.5) is 13.2 Å². The van der Waals surface area contributed by atoms with E-state index in [1.807, 2.05) is 10.7 Å². The molecule has 0 unspecified atom stereocenters. The van der Waals surface area contributed by atoms with Crippen LogP contribution in [0.25, 0.3) is 11.3 Å². The largest absolute Gasteiger partial charge is 0.416 e. The molecule has 0 bridgehead atoms. The maximum atomic E-state index is 12.5. The molecule has 1 aromatic heterocycles. The van der Waals surface area contributed by atoms with Gasteiger partial charge < -0.3 is 0 Å². The predicted octanol–water partition coefficient (Wildman–Crippen LogP) is 4.87. The van der Waals surface area contributed by atoms with E-state index in [1.54, 1.807) is 0 Å². The molecule has 0 aliphatic carbocycles. The lowest BCUT2D eigenvalue weighted by Crippen LogP contribution is -2.04. The van der Waals surface area contributed by atoms with Gasteiger partial charge in [-0.3, -0.25) is 4.68 Å². The third-order valence-corrected chi connectivity index (χ3v) is 3.52. The van der Waals surface area contributed by atoms with Crippen molar-refractivity contribution in [1.29, 1.82) is 0 Å². The summed E-state index contributed by atoms with van der Waals surface area (Å²) in [6.45, 7) is 2.85. The number of hydrogen-bond acceptors (Lipinski definition) is 1. The van der Waals surface area contributed by atoms with Gasteiger partial charge in [-0.15, -0.1) is 0 Å². The summed E-state index contributed by atoms with van der Waals surface area (Å²) >= 11 is 3.39. The van der Waals surface area contributed by atoms with Crippen molar-refractivity contribution in [3.05, 3.63) is 41.6 Å². The molecule has 0 aliphatic rings. The van der Waals surface area contributed by atoms with Crippen LogP contribution in [-0.2, 0) is 18.1 Å². The number of hydrogen-bond donors (Lipinski definition) is 0. The molecular formula is C14H14BrF3N2. The molecule has 1 aromatic carbocycles. The average molecular weight is 347 g/mol. The molecule has 0 spiro atoms. The number of rotatable bonds is 4. The van der Waals surface area contributed by atoms with Gasteiger partial charge in [0.15, 0.2) is 0 Å². The van der Waals surface area contributed by atoms with Crippen molar-refractivity contribution in [3.63, 3.8) is 0 Å². The zero-order chi connectivity index (χ0) is 14.8. The van der Waals surface area contributed by atoms with Gasteiger partial charge in [0.25, 0.3) is 0 Å². The van der Waals surface area contributed by atoms with Crippen molar-refractivity contribution >= 4 is 15.9 Å². The van der Waals surface area contributed by atoms with Crippen LogP contribution in [0.2, 0.25) is 0 Å². The van der Waals surface area contributed by atoms with E-state index in [-0.39, 0.29) is 0 Å². The SMILES string of the molecule is CCCn1nc(-c2ccc(C(F)(F)F)cc2)cc1CBr. The van der Waals surface area contributed by atoms with Crippen LogP contribution >= 0.6 is 15.9 Å². The monoisotopic (exact) mass is 346 g/mol. The van der Waals surface area contributed by atoms with Crippen LogP contribution in [-0.4, -0.2) is 9.78 Å². The minimum Gasteiger partial charge on any atom is -0.268 e. The Balaban J connectivity index is 2.32. The molecule has 2 rings (SSSR count). The molecule has 0 amide bonds. The molecule has 0 saturated heterocycles. The minimum absolute atomic E-state index is 0.644. The van der Waals surface area contributed by atoms with Crippen molar-refractivity contribution in [1.82, 2.24) is 9.78 Å². The van der Waals surface area contributed by atoms with Gasteiger partial charge in [-0.05, 0) is 24.6 Å². The van der Waals surface area contributed by atoms with E-state index in [9.17, 15) is 13.2 Å². The minimum atomic E-state index is -4.30. The second-order valence-electron chi connectivity index (χ2n) is 4.45. The van der Waals surface area contributed by atoms with E-state index in [0.717, 1.165) is 30.8 Å². The lowest BCUT2D eigenvalue weighted by molar-refractivity contribution is -0.137. The molecule has 0 N–H and O–H groups in total. The predicted molar refractivity (Wildman–Crippen MR) is 75.6 cm³/mol. The van der Waals surface area contributed by atoms with Gasteiger partial charge in [0.05, 0.1) is 11.3 Å². The molecular weight excluding hydrogens is 333 g/mol. The Morgan fingerprint density at radius 1 is 1.20 bits per heavy atom. The summed E-state index contributed by atoms with van der Waals surface area (Å²) in [5.74, 6) is 0. The first-order chi connectivity index (χ1) is 9.45. The van der Waals surface area contributed by atoms with Gasteiger partial charge in [0.1, 0.15) is 0 Å². The molecule has 108 valence electrons. The summed E-state index contributed by atoms with van der Waals surface area (Å²) in [5, 5.41) is 5.11. The molecule has 0 radical (unpaired) electrons. The van der Waals surface area contributed by atoms with E-state index in [1.165, 1.54) is 12.1 Å². The first kappa shape index (κ1) is 15.1. The van der Waals surface area contributed by atoms with Gasteiger partial charge in [-0.25, -0.2) is 0 Å². The topological polar surface area (TPSA) is 17.8 Å². The highest BCUT2D eigenvalue weighted by Crippen LogP contribution is 2.31. The van der Waals surface area contributed by atoms with E-state index in [4.69, 9.17) is 0 Å². The number of aryl methyl sites for hydroxylation is 1. The normalized spacial score (nSPS) is 11.8. The van der Waals surface area contributed by atoms with Gasteiger partial charge in [0.2, 0.25) is 0 Å². The zero-order valence-electron chi connectivity index (χ0n) is 10.9. The summed E-state index contributed by atoms with van der Waals surface area (Å²) in [7, 11) is 0. The van der Waals surface area contributed by atoms with Crippen molar-refractivity contribution in [2.24, 2.45) is 0 Å². The molecule has 0 atom stereocenters. The third-order valence-electron chi connectivity index (χ3n) is 2.94. The third kappa shape index (κ3) is 3.23. The van der Waals surface area contributed by atoms with Crippen LogP contribution < -0.4 is 0 Å². The summed E-state index contributed by atoms with van der Waals surface area (Å²) in [4.78, 5) is 0. The highest BCUT2D eigenvalue weighted by atomic mass is 79.9. The molecule has 0 aliphatic heterocycles. The molecule has 0 saturated carbocycles. The summed E-state index contributed by atoms with van der Waals surface area (Å²) in [6.07, 6.45) is -3.35. The highest BCUT2D eigenvalue weighted by molar-refractivity contribution is 9.08. The Kier molecular flexibility index (Phi) is 4.52. The molecule has 20 heavy (non-hydrogen) atoms. The van der Waals surface area contributed by atoms with Crippen LogP contribution in [0.3, 0.4) is 0 Å². The summed E-state index contributed by atoms with van der Waals surface area (Å²) in [6, 6.07) is 6.98. The Bertz CT molecular complexity index is 573. The molecule has 1 heterocycles. The van der Waals surface area contributed by atoms with Gasteiger partial charge >= 0.3 is 6.18 Å². The van der Waals surface area contributed by atoms with E-state index >= 15 is 0 Å². The second kappa shape index (κ2) is 5.99. The van der Waals surface area contributed by atoms with Crippen LogP contribution in [0.5, 0.6) is 0 Å². The van der Waals surface area contributed by atoms with Crippen LogP contribution in [0.1, 0.15) is 24.6 Å². The lowest BCUT2D eigenvalue weighted by atomic mass is 10.1. The van der Waals surface area contributed by atoms with Gasteiger partial charge in [-0.1, -0.05) is 35.0 Å². The van der Waals surface area contributed by atoms with Gasteiger partial charge in [-0.2, -0.15) is 18.3 Å². The number of aromatic nitrogens is 2. The molecule has 6 heteroatoms. The lowest BCUT2D eigenvalue weighted by Gasteiger charge is -2.06. The van der Waals surface area contributed by atoms with E-state index < -0.39 is 11.7 Å². The number of nitrogens with zero attached hydrogens (tertiary/aromatic N) is 2. The van der Waals surface area contributed by atoms with Crippen molar-refractivity contribution in [2.75, 3.05) is 0 Å². The number of benzene rings is 1. The molecule has 2 aromatic rings. The van der Waals surface area contributed by atoms with Crippen LogP contribution in [0, 0.1) is 0 Å². The quantitative estimate of drug-likeness (QED) is 0.722. The Morgan fingerprint density at radius 3 is 2.35 bits per heavy atom. The maximum absolute atomic E-state index is 12.5. The Labute approximate surface area is 123 Å². The van der Waals surface area contributed by atoms with E-state index in [2.05, 4.69) is 28.0 Å². The van der Waals surface area contributed by atoms with Crippen molar-refractivity contribution in [2.45, 2.75) is 31.4 Å². The number of alkyl halides is 4. The van der Waals surface area contributed by atoms with Crippen LogP contribution in [0.15, 0.2) is 30.3 Å². The summed E-state index contributed by atoms with van der Waals surface area (Å²) < 4.78 is 39.4. The highest BCUT2D eigenvalue weighted by Gasteiger charge is 2.30. The van der Waals surface area contributed by atoms with Crippen molar-refractivity contribution in [3.8, 4) is 11.3 Å². The fraction of sp³-hybridized carbons (Fsp3) is 0.357. The zero-order valence-corrected chi connectivity index (χ0v) is 12.5. The average Bonchev–Trinajstić information content (AvgIpc) is 2.81. The molecule has 0 fully saturated rings. The first-order valence-electron chi connectivity index (χ1n) is 6.26. The maximum Gasteiger partial charge on any atom is 0.416 e. The Morgan fingerprint density at radius 2 is 1.85 bits per heavy atom. The smallest absolute Gasteiger partial charge is 0.268 e. The second-order valence-corrected chi connectivity index (χ2v) is 5.01.